The van der Waals surface area contributed by atoms with Crippen molar-refractivity contribution >= 4 is 51.5 Å². The molecular weight excluding hydrogens is 322 g/mol. The van der Waals surface area contributed by atoms with Crippen LogP contribution < -0.4 is 16.0 Å². The number of hydrogen-bond acceptors (Lipinski definition) is 6. The third-order valence-electron chi connectivity index (χ3n) is 3.34. The molecule has 0 atom stereocenters. The van der Waals surface area contributed by atoms with E-state index in [1.165, 1.54) is 17.2 Å². The maximum Gasteiger partial charge on any atom is 0.263 e. The molecule has 0 bridgehead atoms. The predicted molar refractivity (Wildman–Crippen MR) is 97.3 cm³/mol. The van der Waals surface area contributed by atoms with Crippen LogP contribution in [0, 0.1) is 0 Å². The Kier molecular flexibility index (Phi) is 6.57. The van der Waals surface area contributed by atoms with E-state index in [4.69, 9.17) is 5.73 Å². The first-order chi connectivity index (χ1) is 10.2. The van der Waals surface area contributed by atoms with Crippen LogP contribution in [-0.2, 0) is 0 Å². The number of thioether (sulfide) groups is 2. The lowest BCUT2D eigenvalue weighted by atomic mass is 10.3. The second-order valence-electron chi connectivity index (χ2n) is 4.89. The molecule has 1 aliphatic rings. The van der Waals surface area contributed by atoms with Crippen LogP contribution in [0.25, 0.3) is 0 Å². The van der Waals surface area contributed by atoms with Crippen LogP contribution in [0.4, 0.5) is 10.7 Å². The van der Waals surface area contributed by atoms with Crippen molar-refractivity contribution < 1.29 is 4.79 Å². The molecule has 1 fully saturated rings. The summed E-state index contributed by atoms with van der Waals surface area (Å²) in [6, 6.07) is 0. The second kappa shape index (κ2) is 8.19. The van der Waals surface area contributed by atoms with Crippen LogP contribution in [-0.4, -0.2) is 43.3 Å². The first-order valence-corrected chi connectivity index (χ1v) is 10.5. The molecule has 0 aromatic carbocycles. The van der Waals surface area contributed by atoms with Crippen molar-refractivity contribution in [2.75, 3.05) is 48.0 Å². The zero-order valence-corrected chi connectivity index (χ0v) is 15.1. The zero-order valence-electron chi connectivity index (χ0n) is 12.6. The van der Waals surface area contributed by atoms with Gasteiger partial charge in [-0.1, -0.05) is 6.92 Å². The molecule has 7 heteroatoms. The summed E-state index contributed by atoms with van der Waals surface area (Å²) in [6.45, 7) is 4.83. The van der Waals surface area contributed by atoms with Gasteiger partial charge in [0.25, 0.3) is 5.91 Å². The second-order valence-corrected chi connectivity index (χ2v) is 7.93. The summed E-state index contributed by atoms with van der Waals surface area (Å²) < 4.78 is 0. The van der Waals surface area contributed by atoms with Gasteiger partial charge in [0.15, 0.2) is 0 Å². The van der Waals surface area contributed by atoms with Gasteiger partial charge in [0.1, 0.15) is 9.88 Å². The van der Waals surface area contributed by atoms with E-state index in [0.717, 1.165) is 30.2 Å². The van der Waals surface area contributed by atoms with Gasteiger partial charge < -0.3 is 16.0 Å². The molecule has 1 aromatic rings. The van der Waals surface area contributed by atoms with Crippen molar-refractivity contribution in [1.82, 2.24) is 5.32 Å². The van der Waals surface area contributed by atoms with Gasteiger partial charge in [0.2, 0.25) is 0 Å². The fraction of sp³-hybridized carbons (Fsp3) is 0.643. The lowest BCUT2D eigenvalue weighted by molar-refractivity contribution is 0.0958. The van der Waals surface area contributed by atoms with E-state index < -0.39 is 0 Å². The molecule has 1 amide bonds. The summed E-state index contributed by atoms with van der Waals surface area (Å²) in [7, 11) is 0. The summed E-state index contributed by atoms with van der Waals surface area (Å²) in [5.41, 5.74) is 6.88. The van der Waals surface area contributed by atoms with E-state index in [9.17, 15) is 4.79 Å². The number of amides is 1. The minimum absolute atomic E-state index is 0.0369. The molecule has 2 heterocycles. The highest BCUT2D eigenvalue weighted by Crippen LogP contribution is 2.44. The summed E-state index contributed by atoms with van der Waals surface area (Å²) in [5.74, 6) is 2.32. The number of thiophene rings is 1. The van der Waals surface area contributed by atoms with Crippen LogP contribution in [0.3, 0.4) is 0 Å². The molecular formula is C14H23N3OS3. The van der Waals surface area contributed by atoms with Crippen LogP contribution >= 0.6 is 34.9 Å². The molecule has 1 saturated heterocycles. The molecule has 0 spiro atoms. The number of nitrogens with two attached hydrogens (primary N) is 1. The lowest BCUT2D eigenvalue weighted by Crippen LogP contribution is -2.25. The smallest absolute Gasteiger partial charge is 0.263 e. The van der Waals surface area contributed by atoms with Crippen LogP contribution in [0.5, 0.6) is 0 Å². The molecule has 2 rings (SSSR count). The van der Waals surface area contributed by atoms with E-state index in [1.54, 1.807) is 23.1 Å². The Hall–Kier alpha value is -0.530. The molecule has 118 valence electrons. The van der Waals surface area contributed by atoms with Crippen molar-refractivity contribution in [3.05, 3.63) is 4.88 Å². The molecule has 0 radical (unpaired) electrons. The van der Waals surface area contributed by atoms with Crippen molar-refractivity contribution in [2.45, 2.75) is 24.7 Å². The highest BCUT2D eigenvalue weighted by Gasteiger charge is 2.24. The maximum atomic E-state index is 12.2. The number of hydrogen-bond donors (Lipinski definition) is 2. The molecule has 3 N–H and O–H groups in total. The molecule has 21 heavy (non-hydrogen) atoms. The number of rotatable bonds is 5. The van der Waals surface area contributed by atoms with Crippen molar-refractivity contribution in [1.29, 1.82) is 0 Å². The average molecular weight is 346 g/mol. The van der Waals surface area contributed by atoms with Crippen molar-refractivity contribution in [3.63, 3.8) is 0 Å². The van der Waals surface area contributed by atoms with Crippen LogP contribution in [0.1, 0.15) is 29.4 Å². The third-order valence-corrected chi connectivity index (χ3v) is 6.60. The predicted octanol–water partition coefficient (Wildman–Crippen LogP) is 3.14. The Bertz CT molecular complexity index is 482. The topological polar surface area (TPSA) is 58.4 Å². The van der Waals surface area contributed by atoms with Gasteiger partial charge in [-0.25, -0.2) is 0 Å². The molecule has 0 saturated carbocycles. The molecule has 4 nitrogen and oxygen atoms in total. The fourth-order valence-electron chi connectivity index (χ4n) is 2.26. The number of anilines is 2. The van der Waals surface area contributed by atoms with Gasteiger partial charge in [-0.3, -0.25) is 4.79 Å². The van der Waals surface area contributed by atoms with Gasteiger partial charge in [0.05, 0.1) is 10.6 Å². The summed E-state index contributed by atoms with van der Waals surface area (Å²) in [6.07, 6.45) is 4.15. The first kappa shape index (κ1) is 16.8. The Balaban J connectivity index is 2.26. The SMILES string of the molecule is CCCNC(=O)c1sc(N2CCCSCC2)c(SC)c1N. The van der Waals surface area contributed by atoms with Gasteiger partial charge in [-0.05, 0) is 24.9 Å². The standard InChI is InChI=1S/C14H23N3OS3/c1-3-5-16-13(18)11-10(15)12(19-2)14(21-11)17-6-4-8-20-9-7-17/h3-9,15H2,1-2H3,(H,16,18). The number of nitrogen functional groups attached to an aromatic ring is 1. The molecule has 1 aromatic heterocycles. The first-order valence-electron chi connectivity index (χ1n) is 7.26. The van der Waals surface area contributed by atoms with Gasteiger partial charge in [0, 0.05) is 25.4 Å². The zero-order chi connectivity index (χ0) is 15.2. The Morgan fingerprint density at radius 2 is 2.24 bits per heavy atom. The van der Waals surface area contributed by atoms with E-state index in [0.29, 0.717) is 17.1 Å². The monoisotopic (exact) mass is 345 g/mol. The van der Waals surface area contributed by atoms with E-state index in [2.05, 4.69) is 10.2 Å². The Morgan fingerprint density at radius 3 is 2.95 bits per heavy atom. The van der Waals surface area contributed by atoms with E-state index in [1.807, 2.05) is 24.9 Å². The van der Waals surface area contributed by atoms with Gasteiger partial charge >= 0.3 is 0 Å². The highest BCUT2D eigenvalue weighted by atomic mass is 32.2. The Labute approximate surface area is 139 Å². The van der Waals surface area contributed by atoms with Crippen LogP contribution in [0.2, 0.25) is 0 Å². The summed E-state index contributed by atoms with van der Waals surface area (Å²) in [5, 5.41) is 4.10. The average Bonchev–Trinajstić information content (AvgIpc) is 2.68. The number of nitrogens with zero attached hydrogens (tertiary/aromatic N) is 1. The normalized spacial score (nSPS) is 15.8. The Morgan fingerprint density at radius 1 is 1.43 bits per heavy atom. The largest absolute Gasteiger partial charge is 0.396 e. The lowest BCUT2D eigenvalue weighted by Gasteiger charge is -2.21. The quantitative estimate of drug-likeness (QED) is 0.803. The minimum atomic E-state index is -0.0369. The third kappa shape index (κ3) is 4.02. The molecule has 1 aliphatic heterocycles. The fourth-order valence-corrected chi connectivity index (χ4v) is 5.30. The van der Waals surface area contributed by atoms with Crippen LogP contribution in [0.15, 0.2) is 4.90 Å². The number of carbonyl (C=O) groups excluding carboxylic acids is 1. The minimum Gasteiger partial charge on any atom is -0.396 e. The van der Waals surface area contributed by atoms with E-state index in [-0.39, 0.29) is 5.91 Å². The summed E-state index contributed by atoms with van der Waals surface area (Å²) in [4.78, 5) is 16.4. The maximum absolute atomic E-state index is 12.2. The highest BCUT2D eigenvalue weighted by molar-refractivity contribution is 7.99. The molecule has 0 aliphatic carbocycles. The van der Waals surface area contributed by atoms with E-state index >= 15 is 0 Å². The number of carbonyl (C=O) groups is 1. The number of nitrogens with one attached hydrogen (secondary N) is 1. The van der Waals surface area contributed by atoms with Gasteiger partial charge in [-0.2, -0.15) is 11.8 Å². The summed E-state index contributed by atoms with van der Waals surface area (Å²) >= 11 is 5.19. The molecule has 0 unspecified atom stereocenters. The van der Waals surface area contributed by atoms with Crippen molar-refractivity contribution in [3.8, 4) is 0 Å². The van der Waals surface area contributed by atoms with Gasteiger partial charge in [-0.15, -0.1) is 23.1 Å². The van der Waals surface area contributed by atoms with Crippen molar-refractivity contribution in [2.24, 2.45) is 0 Å².